The summed E-state index contributed by atoms with van der Waals surface area (Å²) in [7, 11) is -1.30. The predicted molar refractivity (Wildman–Crippen MR) is 113 cm³/mol. The summed E-state index contributed by atoms with van der Waals surface area (Å²) in [6, 6.07) is 7.64. The number of amides is 1. The lowest BCUT2D eigenvalue weighted by Crippen LogP contribution is -2.42. The second kappa shape index (κ2) is 10.5. The quantitative estimate of drug-likeness (QED) is 0.530. The molecule has 1 aliphatic heterocycles. The van der Waals surface area contributed by atoms with Crippen LogP contribution in [0, 0.1) is 0 Å². The Morgan fingerprint density at radius 2 is 1.96 bits per heavy atom. The number of aliphatic imine (C=N–C) groups is 1. The van der Waals surface area contributed by atoms with E-state index in [9.17, 15) is 13.2 Å². The normalized spacial score (nSPS) is 16.5. The van der Waals surface area contributed by atoms with Gasteiger partial charge in [0.1, 0.15) is 9.84 Å². The Labute approximate surface area is 168 Å². The van der Waals surface area contributed by atoms with E-state index in [1.807, 2.05) is 36.1 Å². The third-order valence-corrected chi connectivity index (χ3v) is 5.78. The smallest absolute Gasteiger partial charge is 0.253 e. The first-order valence-electron chi connectivity index (χ1n) is 9.81. The molecule has 0 bridgehead atoms. The van der Waals surface area contributed by atoms with Gasteiger partial charge in [0.15, 0.2) is 5.96 Å². The number of benzene rings is 1. The molecule has 1 amide bonds. The minimum Gasteiger partial charge on any atom is -0.354 e. The molecule has 0 aliphatic carbocycles. The summed E-state index contributed by atoms with van der Waals surface area (Å²) in [5.41, 5.74) is 1.71. The van der Waals surface area contributed by atoms with Gasteiger partial charge in [-0.1, -0.05) is 12.1 Å². The van der Waals surface area contributed by atoms with E-state index in [2.05, 4.69) is 15.6 Å². The Hall–Kier alpha value is -2.09. The minimum atomic E-state index is -2.98. The van der Waals surface area contributed by atoms with Crippen LogP contribution in [0.2, 0.25) is 0 Å². The van der Waals surface area contributed by atoms with Crippen LogP contribution in [0.15, 0.2) is 29.3 Å². The van der Waals surface area contributed by atoms with Gasteiger partial charge in [0, 0.05) is 44.5 Å². The largest absolute Gasteiger partial charge is 0.354 e. The SMILES string of the molecule is CN=C(NCc1cccc(C(=O)N2CCCCC2)c1)NC(C)CCS(C)(=O)=O. The summed E-state index contributed by atoms with van der Waals surface area (Å²) < 4.78 is 22.6. The molecule has 0 spiro atoms. The molecule has 0 radical (unpaired) electrons. The topological polar surface area (TPSA) is 90.9 Å². The highest BCUT2D eigenvalue weighted by atomic mass is 32.2. The first-order valence-corrected chi connectivity index (χ1v) is 11.9. The van der Waals surface area contributed by atoms with Crippen LogP contribution in [-0.2, 0) is 16.4 Å². The molecule has 1 unspecified atom stereocenters. The first-order chi connectivity index (χ1) is 13.3. The average Bonchev–Trinajstić information content (AvgIpc) is 2.69. The van der Waals surface area contributed by atoms with Gasteiger partial charge in [0.25, 0.3) is 5.91 Å². The summed E-state index contributed by atoms with van der Waals surface area (Å²) in [4.78, 5) is 18.8. The number of rotatable bonds is 7. The van der Waals surface area contributed by atoms with Crippen molar-refractivity contribution in [2.75, 3.05) is 32.1 Å². The van der Waals surface area contributed by atoms with Crippen LogP contribution >= 0.6 is 0 Å². The number of likely N-dealkylation sites (tertiary alicyclic amines) is 1. The number of nitrogens with zero attached hydrogens (tertiary/aromatic N) is 2. The highest BCUT2D eigenvalue weighted by molar-refractivity contribution is 7.90. The van der Waals surface area contributed by atoms with Gasteiger partial charge in [0.05, 0.1) is 5.75 Å². The number of hydrogen-bond donors (Lipinski definition) is 2. The highest BCUT2D eigenvalue weighted by Gasteiger charge is 2.18. The lowest BCUT2D eigenvalue weighted by molar-refractivity contribution is 0.0724. The van der Waals surface area contributed by atoms with E-state index in [0.29, 0.717) is 24.5 Å². The van der Waals surface area contributed by atoms with E-state index in [1.54, 1.807) is 7.05 Å². The molecule has 0 saturated carbocycles. The van der Waals surface area contributed by atoms with E-state index in [-0.39, 0.29) is 17.7 Å². The van der Waals surface area contributed by atoms with Crippen LogP contribution in [0.5, 0.6) is 0 Å². The van der Waals surface area contributed by atoms with Crippen LogP contribution in [0.4, 0.5) is 0 Å². The molecule has 8 heteroatoms. The molecule has 156 valence electrons. The molecule has 0 aromatic heterocycles. The summed E-state index contributed by atoms with van der Waals surface area (Å²) in [6.45, 7) is 4.13. The van der Waals surface area contributed by atoms with E-state index in [1.165, 1.54) is 12.7 Å². The van der Waals surface area contributed by atoms with Crippen molar-refractivity contribution in [3.8, 4) is 0 Å². The summed E-state index contributed by atoms with van der Waals surface area (Å²) in [6.07, 6.45) is 5.10. The van der Waals surface area contributed by atoms with Gasteiger partial charge in [0.2, 0.25) is 0 Å². The van der Waals surface area contributed by atoms with Crippen LogP contribution in [0.1, 0.15) is 48.5 Å². The average molecular weight is 409 g/mol. The fraction of sp³-hybridized carbons (Fsp3) is 0.600. The maximum atomic E-state index is 12.7. The molecule has 2 N–H and O–H groups in total. The summed E-state index contributed by atoms with van der Waals surface area (Å²) in [5.74, 6) is 0.839. The number of sulfone groups is 1. The maximum absolute atomic E-state index is 12.7. The van der Waals surface area contributed by atoms with E-state index in [0.717, 1.165) is 31.5 Å². The molecular weight excluding hydrogens is 376 g/mol. The molecule has 1 atom stereocenters. The fourth-order valence-corrected chi connectivity index (χ4v) is 3.95. The number of guanidine groups is 1. The van der Waals surface area contributed by atoms with Crippen molar-refractivity contribution in [1.29, 1.82) is 0 Å². The fourth-order valence-electron chi connectivity index (χ4n) is 3.17. The van der Waals surface area contributed by atoms with Crippen molar-refractivity contribution in [2.24, 2.45) is 4.99 Å². The van der Waals surface area contributed by atoms with Crippen molar-refractivity contribution < 1.29 is 13.2 Å². The van der Waals surface area contributed by atoms with Crippen LogP contribution in [-0.4, -0.2) is 63.4 Å². The number of carbonyl (C=O) groups excluding carboxylic acids is 1. The first kappa shape index (κ1) is 22.2. The van der Waals surface area contributed by atoms with Gasteiger partial charge >= 0.3 is 0 Å². The zero-order valence-corrected chi connectivity index (χ0v) is 17.9. The standard InChI is InChI=1S/C20H32N4O3S/c1-16(10-13-28(3,26)27)23-20(21-2)22-15-17-8-7-9-18(14-17)19(25)24-11-5-4-6-12-24/h7-9,14,16H,4-6,10-13,15H2,1-3H3,(H2,21,22,23). The van der Waals surface area contributed by atoms with E-state index < -0.39 is 9.84 Å². The van der Waals surface area contributed by atoms with Gasteiger partial charge in [-0.15, -0.1) is 0 Å². The molecule has 1 fully saturated rings. The number of hydrogen-bond acceptors (Lipinski definition) is 4. The second-order valence-electron chi connectivity index (χ2n) is 7.44. The minimum absolute atomic E-state index is 0.0204. The molecule has 1 heterocycles. The molecule has 2 rings (SSSR count). The molecular formula is C20H32N4O3S. The van der Waals surface area contributed by atoms with Gasteiger partial charge < -0.3 is 15.5 Å². The number of piperidine rings is 1. The molecule has 28 heavy (non-hydrogen) atoms. The second-order valence-corrected chi connectivity index (χ2v) is 9.70. The van der Waals surface area contributed by atoms with Gasteiger partial charge in [-0.25, -0.2) is 8.42 Å². The Kier molecular flexibility index (Phi) is 8.29. The molecule has 1 aliphatic rings. The van der Waals surface area contributed by atoms with E-state index in [4.69, 9.17) is 0 Å². The van der Waals surface area contributed by atoms with Crippen LogP contribution < -0.4 is 10.6 Å². The molecule has 1 aromatic carbocycles. The zero-order valence-electron chi connectivity index (χ0n) is 17.1. The van der Waals surface area contributed by atoms with E-state index >= 15 is 0 Å². The van der Waals surface area contributed by atoms with Crippen molar-refractivity contribution in [3.63, 3.8) is 0 Å². The van der Waals surface area contributed by atoms with Crippen molar-refractivity contribution in [1.82, 2.24) is 15.5 Å². The Morgan fingerprint density at radius 3 is 2.61 bits per heavy atom. The van der Waals surface area contributed by atoms with Crippen molar-refractivity contribution in [3.05, 3.63) is 35.4 Å². The monoisotopic (exact) mass is 408 g/mol. The predicted octanol–water partition coefficient (Wildman–Crippen LogP) is 1.80. The lowest BCUT2D eigenvalue weighted by atomic mass is 10.1. The third kappa shape index (κ3) is 7.50. The van der Waals surface area contributed by atoms with Crippen molar-refractivity contribution in [2.45, 2.75) is 45.2 Å². The number of carbonyl (C=O) groups is 1. The lowest BCUT2D eigenvalue weighted by Gasteiger charge is -2.26. The molecule has 1 aromatic rings. The highest BCUT2D eigenvalue weighted by Crippen LogP contribution is 2.14. The zero-order chi connectivity index (χ0) is 20.6. The Bertz CT molecular complexity index is 786. The van der Waals surface area contributed by atoms with Gasteiger partial charge in [-0.2, -0.15) is 0 Å². The number of nitrogens with one attached hydrogen (secondary N) is 2. The summed E-state index contributed by atoms with van der Waals surface area (Å²) in [5, 5.41) is 6.42. The van der Waals surface area contributed by atoms with Gasteiger partial charge in [-0.3, -0.25) is 9.79 Å². The van der Waals surface area contributed by atoms with Crippen molar-refractivity contribution >= 4 is 21.7 Å². The molecule has 1 saturated heterocycles. The Morgan fingerprint density at radius 1 is 1.25 bits per heavy atom. The maximum Gasteiger partial charge on any atom is 0.253 e. The Balaban J connectivity index is 1.89. The van der Waals surface area contributed by atoms with Crippen LogP contribution in [0.25, 0.3) is 0 Å². The van der Waals surface area contributed by atoms with Gasteiger partial charge in [-0.05, 0) is 50.3 Å². The third-order valence-electron chi connectivity index (χ3n) is 4.81. The molecule has 7 nitrogen and oxygen atoms in total. The summed E-state index contributed by atoms with van der Waals surface area (Å²) >= 11 is 0. The van der Waals surface area contributed by atoms with Crippen LogP contribution in [0.3, 0.4) is 0 Å².